The van der Waals surface area contributed by atoms with Gasteiger partial charge in [0.1, 0.15) is 17.3 Å². The van der Waals surface area contributed by atoms with Crippen LogP contribution in [0, 0.1) is 0 Å². The van der Waals surface area contributed by atoms with Gasteiger partial charge in [-0.05, 0) is 63.8 Å². The van der Waals surface area contributed by atoms with Gasteiger partial charge in [-0.1, -0.05) is 0 Å². The minimum atomic E-state index is -0.573. The Labute approximate surface area is 147 Å². The van der Waals surface area contributed by atoms with E-state index in [0.717, 1.165) is 24.2 Å². The summed E-state index contributed by atoms with van der Waals surface area (Å²) in [5.74, 6) is 1.32. The van der Waals surface area contributed by atoms with Crippen molar-refractivity contribution >= 4 is 11.7 Å². The van der Waals surface area contributed by atoms with Crippen molar-refractivity contribution in [3.8, 4) is 17.1 Å². The number of hydrogen-bond acceptors (Lipinski definition) is 5. The van der Waals surface area contributed by atoms with Crippen LogP contribution in [0.2, 0.25) is 0 Å². The first-order chi connectivity index (χ1) is 12.0. The van der Waals surface area contributed by atoms with Crippen molar-refractivity contribution in [1.29, 1.82) is 0 Å². The third kappa shape index (κ3) is 4.47. The molecular formula is C19H24N4O2. The molecule has 1 aliphatic rings. The molecular weight excluding hydrogens is 316 g/mol. The molecule has 1 amide bonds. The highest BCUT2D eigenvalue weighted by atomic mass is 16.5. The summed E-state index contributed by atoms with van der Waals surface area (Å²) in [6, 6.07) is 9.41. The lowest BCUT2D eigenvalue weighted by atomic mass is 10.2. The molecule has 0 unspecified atom stereocenters. The van der Waals surface area contributed by atoms with Gasteiger partial charge in [0.2, 0.25) is 0 Å². The Morgan fingerprint density at radius 2 is 1.88 bits per heavy atom. The highest BCUT2D eigenvalue weighted by Crippen LogP contribution is 2.26. The Morgan fingerprint density at radius 1 is 1.20 bits per heavy atom. The van der Waals surface area contributed by atoms with Gasteiger partial charge in [0.05, 0.1) is 6.10 Å². The van der Waals surface area contributed by atoms with Crippen LogP contribution in [0.3, 0.4) is 0 Å². The lowest BCUT2D eigenvalue weighted by molar-refractivity contribution is 0.0995. The van der Waals surface area contributed by atoms with Gasteiger partial charge in [-0.25, -0.2) is 9.97 Å². The van der Waals surface area contributed by atoms with Gasteiger partial charge in [0.15, 0.2) is 5.82 Å². The fourth-order valence-corrected chi connectivity index (χ4v) is 2.95. The monoisotopic (exact) mass is 340 g/mol. The van der Waals surface area contributed by atoms with E-state index in [2.05, 4.69) is 15.3 Å². The molecule has 132 valence electrons. The molecule has 1 aromatic heterocycles. The number of primary amides is 1. The first-order valence-electron chi connectivity index (χ1n) is 8.74. The fraction of sp³-hybridized carbons (Fsp3) is 0.421. The number of aromatic nitrogens is 2. The average molecular weight is 340 g/mol. The van der Waals surface area contributed by atoms with E-state index in [9.17, 15) is 4.79 Å². The van der Waals surface area contributed by atoms with Crippen LogP contribution in [0.1, 0.15) is 50.0 Å². The van der Waals surface area contributed by atoms with E-state index < -0.39 is 5.91 Å². The molecule has 3 rings (SSSR count). The number of carbonyl (C=O) groups excluding carboxylic acids is 1. The Morgan fingerprint density at radius 3 is 2.48 bits per heavy atom. The standard InChI is InChI=1S/C19H24N4O2/c1-12(2)21-17-11-16(18(20)24)22-19(23-17)13-7-9-15(10-8-13)25-14-5-3-4-6-14/h7-12,14H,3-6H2,1-2H3,(H2,20,24)(H,21,22,23). The van der Waals surface area contributed by atoms with Crippen molar-refractivity contribution in [2.45, 2.75) is 51.7 Å². The molecule has 6 nitrogen and oxygen atoms in total. The van der Waals surface area contributed by atoms with Crippen molar-refractivity contribution in [1.82, 2.24) is 9.97 Å². The maximum atomic E-state index is 11.6. The minimum absolute atomic E-state index is 0.186. The van der Waals surface area contributed by atoms with Crippen LogP contribution in [0.4, 0.5) is 5.82 Å². The Balaban J connectivity index is 1.84. The van der Waals surface area contributed by atoms with E-state index in [1.54, 1.807) is 6.07 Å². The summed E-state index contributed by atoms with van der Waals surface area (Å²) < 4.78 is 5.98. The Kier molecular flexibility index (Phi) is 5.16. The number of carbonyl (C=O) groups is 1. The summed E-state index contributed by atoms with van der Waals surface area (Å²) in [6.07, 6.45) is 5.04. The number of nitrogens with one attached hydrogen (secondary N) is 1. The molecule has 0 radical (unpaired) electrons. The van der Waals surface area contributed by atoms with Crippen molar-refractivity contribution in [3.63, 3.8) is 0 Å². The summed E-state index contributed by atoms with van der Waals surface area (Å²) in [5, 5.41) is 3.19. The molecule has 0 saturated heterocycles. The number of nitrogens with two attached hydrogens (primary N) is 1. The van der Waals surface area contributed by atoms with E-state index in [-0.39, 0.29) is 11.7 Å². The van der Waals surface area contributed by atoms with Gasteiger partial charge in [-0.2, -0.15) is 0 Å². The highest BCUT2D eigenvalue weighted by molar-refractivity contribution is 5.92. The van der Waals surface area contributed by atoms with Crippen LogP contribution in [-0.2, 0) is 0 Å². The molecule has 3 N–H and O–H groups in total. The molecule has 6 heteroatoms. The van der Waals surface area contributed by atoms with E-state index in [1.807, 2.05) is 38.1 Å². The summed E-state index contributed by atoms with van der Waals surface area (Å²) in [7, 11) is 0. The van der Waals surface area contributed by atoms with Crippen molar-refractivity contribution in [2.75, 3.05) is 5.32 Å². The van der Waals surface area contributed by atoms with Gasteiger partial charge in [0.25, 0.3) is 5.91 Å². The van der Waals surface area contributed by atoms with Gasteiger partial charge < -0.3 is 15.8 Å². The van der Waals surface area contributed by atoms with Crippen LogP contribution in [0.25, 0.3) is 11.4 Å². The fourth-order valence-electron chi connectivity index (χ4n) is 2.95. The van der Waals surface area contributed by atoms with Crippen LogP contribution < -0.4 is 15.8 Å². The predicted octanol–water partition coefficient (Wildman–Crippen LogP) is 3.38. The second-order valence-corrected chi connectivity index (χ2v) is 6.67. The summed E-state index contributed by atoms with van der Waals surface area (Å²) in [6.45, 7) is 4.00. The molecule has 0 aliphatic heterocycles. The number of hydrogen-bond donors (Lipinski definition) is 2. The number of rotatable bonds is 6. The summed E-state index contributed by atoms with van der Waals surface area (Å²) >= 11 is 0. The number of amides is 1. The van der Waals surface area contributed by atoms with Gasteiger partial charge in [0, 0.05) is 17.7 Å². The van der Waals surface area contributed by atoms with Gasteiger partial charge >= 0.3 is 0 Å². The maximum absolute atomic E-state index is 11.6. The molecule has 0 atom stereocenters. The molecule has 25 heavy (non-hydrogen) atoms. The van der Waals surface area contributed by atoms with Gasteiger partial charge in [-0.3, -0.25) is 4.79 Å². The number of nitrogens with zero attached hydrogens (tertiary/aromatic N) is 2. The van der Waals surface area contributed by atoms with Crippen LogP contribution in [0.5, 0.6) is 5.75 Å². The normalized spacial score (nSPS) is 14.7. The summed E-state index contributed by atoms with van der Waals surface area (Å²) in [4.78, 5) is 20.3. The average Bonchev–Trinajstić information content (AvgIpc) is 3.07. The van der Waals surface area contributed by atoms with E-state index >= 15 is 0 Å². The quantitative estimate of drug-likeness (QED) is 0.841. The minimum Gasteiger partial charge on any atom is -0.490 e. The number of benzene rings is 1. The highest BCUT2D eigenvalue weighted by Gasteiger charge is 2.16. The Hall–Kier alpha value is -2.63. The zero-order valence-corrected chi connectivity index (χ0v) is 14.7. The third-order valence-electron chi connectivity index (χ3n) is 4.13. The zero-order valence-electron chi connectivity index (χ0n) is 14.7. The lowest BCUT2D eigenvalue weighted by Crippen LogP contribution is -2.17. The lowest BCUT2D eigenvalue weighted by Gasteiger charge is -2.14. The van der Waals surface area contributed by atoms with Crippen LogP contribution >= 0.6 is 0 Å². The van der Waals surface area contributed by atoms with Crippen molar-refractivity contribution in [3.05, 3.63) is 36.0 Å². The summed E-state index contributed by atoms with van der Waals surface area (Å²) in [5.41, 5.74) is 6.41. The molecule has 1 fully saturated rings. The largest absolute Gasteiger partial charge is 0.490 e. The van der Waals surface area contributed by atoms with Gasteiger partial charge in [-0.15, -0.1) is 0 Å². The van der Waals surface area contributed by atoms with E-state index in [0.29, 0.717) is 17.7 Å². The molecule has 0 bridgehead atoms. The molecule has 1 aliphatic carbocycles. The van der Waals surface area contributed by atoms with Crippen LogP contribution in [-0.4, -0.2) is 28.0 Å². The SMILES string of the molecule is CC(C)Nc1cc(C(N)=O)nc(-c2ccc(OC3CCCC3)cc2)n1. The number of ether oxygens (including phenoxy) is 1. The Bertz CT molecular complexity index is 738. The molecule has 1 saturated carbocycles. The topological polar surface area (TPSA) is 90.1 Å². The first-order valence-corrected chi connectivity index (χ1v) is 8.74. The molecule has 2 aromatic rings. The van der Waals surface area contributed by atoms with E-state index in [1.165, 1.54) is 12.8 Å². The van der Waals surface area contributed by atoms with Crippen LogP contribution in [0.15, 0.2) is 30.3 Å². The molecule has 0 spiro atoms. The van der Waals surface area contributed by atoms with Crippen molar-refractivity contribution < 1.29 is 9.53 Å². The predicted molar refractivity (Wildman–Crippen MR) is 97.6 cm³/mol. The van der Waals surface area contributed by atoms with E-state index in [4.69, 9.17) is 10.5 Å². The first kappa shape index (κ1) is 17.2. The molecule has 1 aromatic carbocycles. The maximum Gasteiger partial charge on any atom is 0.267 e. The third-order valence-corrected chi connectivity index (χ3v) is 4.13. The number of anilines is 1. The second kappa shape index (κ2) is 7.51. The van der Waals surface area contributed by atoms with Crippen molar-refractivity contribution in [2.24, 2.45) is 5.73 Å². The second-order valence-electron chi connectivity index (χ2n) is 6.67. The zero-order chi connectivity index (χ0) is 17.8. The molecule has 1 heterocycles. The smallest absolute Gasteiger partial charge is 0.267 e.